The van der Waals surface area contributed by atoms with E-state index >= 15 is 0 Å². The second kappa shape index (κ2) is 6.01. The minimum atomic E-state index is 0.176. The van der Waals surface area contributed by atoms with Crippen molar-refractivity contribution in [2.75, 3.05) is 31.6 Å². The lowest BCUT2D eigenvalue weighted by Crippen LogP contribution is -2.42. The molecule has 1 atom stereocenters. The van der Waals surface area contributed by atoms with E-state index in [9.17, 15) is 4.79 Å². The lowest BCUT2D eigenvalue weighted by atomic mass is 10.0. The van der Waals surface area contributed by atoms with E-state index in [2.05, 4.69) is 11.8 Å². The zero-order valence-corrected chi connectivity index (χ0v) is 11.3. The van der Waals surface area contributed by atoms with Gasteiger partial charge in [-0.2, -0.15) is 0 Å². The molecule has 1 aromatic rings. The molecule has 0 aliphatic carbocycles. The van der Waals surface area contributed by atoms with E-state index in [0.29, 0.717) is 12.5 Å². The smallest absolute Gasteiger partial charge is 0.240 e. The number of amides is 1. The Balaban J connectivity index is 1.91. The van der Waals surface area contributed by atoms with E-state index in [1.165, 1.54) is 12.8 Å². The average Bonchev–Trinajstić information content (AvgIpc) is 2.39. The summed E-state index contributed by atoms with van der Waals surface area (Å²) >= 11 is 0. The van der Waals surface area contributed by atoms with E-state index in [-0.39, 0.29) is 5.91 Å². The Hall–Kier alpha value is -1.35. The molecule has 1 aliphatic heterocycles. The van der Waals surface area contributed by atoms with Crippen LogP contribution in [0.25, 0.3) is 0 Å². The molecule has 3 nitrogen and oxygen atoms in total. The Bertz CT molecular complexity index is 391. The zero-order valence-electron chi connectivity index (χ0n) is 11.3. The van der Waals surface area contributed by atoms with Crippen LogP contribution in [0.2, 0.25) is 0 Å². The van der Waals surface area contributed by atoms with Gasteiger partial charge in [0.1, 0.15) is 0 Å². The Kier molecular flexibility index (Phi) is 4.37. The van der Waals surface area contributed by atoms with Crippen molar-refractivity contribution < 1.29 is 4.79 Å². The van der Waals surface area contributed by atoms with Crippen molar-refractivity contribution in [2.24, 2.45) is 5.92 Å². The molecule has 2 rings (SSSR count). The van der Waals surface area contributed by atoms with Gasteiger partial charge in [0.05, 0.1) is 6.54 Å². The topological polar surface area (TPSA) is 23.6 Å². The van der Waals surface area contributed by atoms with Gasteiger partial charge in [-0.25, -0.2) is 0 Å². The van der Waals surface area contributed by atoms with Crippen LogP contribution in [0, 0.1) is 5.92 Å². The number of benzene rings is 1. The molecule has 1 amide bonds. The summed E-state index contributed by atoms with van der Waals surface area (Å²) in [6.07, 6.45) is 2.50. The molecule has 0 saturated carbocycles. The second-order valence-electron chi connectivity index (χ2n) is 5.27. The molecule has 3 heteroatoms. The van der Waals surface area contributed by atoms with E-state index in [4.69, 9.17) is 0 Å². The third-order valence-corrected chi connectivity index (χ3v) is 3.62. The molecule has 0 bridgehead atoms. The number of nitrogens with zero attached hydrogens (tertiary/aromatic N) is 2. The average molecular weight is 246 g/mol. The van der Waals surface area contributed by atoms with Gasteiger partial charge in [-0.15, -0.1) is 0 Å². The summed E-state index contributed by atoms with van der Waals surface area (Å²) in [5.74, 6) is 0.892. The number of carbonyl (C=O) groups is 1. The van der Waals surface area contributed by atoms with E-state index in [1.807, 2.05) is 37.4 Å². The fourth-order valence-electron chi connectivity index (χ4n) is 2.52. The minimum absolute atomic E-state index is 0.176. The van der Waals surface area contributed by atoms with Gasteiger partial charge in [-0.1, -0.05) is 25.1 Å². The van der Waals surface area contributed by atoms with Gasteiger partial charge in [0.25, 0.3) is 0 Å². The van der Waals surface area contributed by atoms with Crippen LogP contribution in [0.1, 0.15) is 19.8 Å². The number of likely N-dealkylation sites (tertiary alicyclic amines) is 1. The van der Waals surface area contributed by atoms with Crippen LogP contribution in [-0.4, -0.2) is 37.5 Å². The van der Waals surface area contributed by atoms with Crippen LogP contribution in [0.15, 0.2) is 30.3 Å². The van der Waals surface area contributed by atoms with Crippen molar-refractivity contribution >= 4 is 11.6 Å². The summed E-state index contributed by atoms with van der Waals surface area (Å²) in [5.41, 5.74) is 0.965. The molecule has 18 heavy (non-hydrogen) atoms. The Morgan fingerprint density at radius 3 is 2.78 bits per heavy atom. The van der Waals surface area contributed by atoms with Crippen LogP contribution in [-0.2, 0) is 4.79 Å². The predicted octanol–water partition coefficient (Wildman–Crippen LogP) is 2.38. The summed E-state index contributed by atoms with van der Waals surface area (Å²) < 4.78 is 0. The van der Waals surface area contributed by atoms with Crippen LogP contribution >= 0.6 is 0 Å². The van der Waals surface area contributed by atoms with E-state index in [0.717, 1.165) is 18.8 Å². The van der Waals surface area contributed by atoms with Gasteiger partial charge in [0, 0.05) is 19.3 Å². The van der Waals surface area contributed by atoms with Crippen LogP contribution in [0.4, 0.5) is 5.69 Å². The van der Waals surface area contributed by atoms with Crippen molar-refractivity contribution in [1.82, 2.24) is 4.90 Å². The summed E-state index contributed by atoms with van der Waals surface area (Å²) in [4.78, 5) is 16.2. The highest BCUT2D eigenvalue weighted by Gasteiger charge is 2.20. The van der Waals surface area contributed by atoms with Gasteiger partial charge in [0.2, 0.25) is 5.91 Å². The fraction of sp³-hybridized carbons (Fsp3) is 0.533. The highest BCUT2D eigenvalue weighted by molar-refractivity contribution is 5.94. The molecule has 1 aliphatic rings. The third-order valence-electron chi connectivity index (χ3n) is 3.62. The maximum atomic E-state index is 12.2. The van der Waals surface area contributed by atoms with Crippen molar-refractivity contribution in [2.45, 2.75) is 19.8 Å². The van der Waals surface area contributed by atoms with Gasteiger partial charge >= 0.3 is 0 Å². The molecular formula is C15H22N2O. The molecule has 1 fully saturated rings. The van der Waals surface area contributed by atoms with Crippen LogP contribution in [0.3, 0.4) is 0 Å². The van der Waals surface area contributed by atoms with Gasteiger partial charge in [0.15, 0.2) is 0 Å². The molecule has 1 saturated heterocycles. The number of piperidine rings is 1. The van der Waals surface area contributed by atoms with Crippen molar-refractivity contribution in [3.05, 3.63) is 30.3 Å². The Morgan fingerprint density at radius 2 is 2.11 bits per heavy atom. The first-order valence-electron chi connectivity index (χ1n) is 6.71. The fourth-order valence-corrected chi connectivity index (χ4v) is 2.52. The summed E-state index contributed by atoms with van der Waals surface area (Å²) in [7, 11) is 1.85. The lowest BCUT2D eigenvalue weighted by molar-refractivity contribution is -0.119. The largest absolute Gasteiger partial charge is 0.314 e. The monoisotopic (exact) mass is 246 g/mol. The molecule has 98 valence electrons. The maximum absolute atomic E-state index is 12.2. The highest BCUT2D eigenvalue weighted by atomic mass is 16.2. The Labute approximate surface area is 109 Å². The minimum Gasteiger partial charge on any atom is -0.314 e. The van der Waals surface area contributed by atoms with Gasteiger partial charge in [-0.3, -0.25) is 9.69 Å². The molecule has 0 spiro atoms. The zero-order chi connectivity index (χ0) is 13.0. The van der Waals surface area contributed by atoms with E-state index < -0.39 is 0 Å². The predicted molar refractivity (Wildman–Crippen MR) is 74.7 cm³/mol. The quantitative estimate of drug-likeness (QED) is 0.817. The number of likely N-dealkylation sites (N-methyl/N-ethyl adjacent to an activating group) is 1. The number of anilines is 1. The van der Waals surface area contributed by atoms with Gasteiger partial charge in [-0.05, 0) is 37.4 Å². The van der Waals surface area contributed by atoms with Crippen LogP contribution in [0.5, 0.6) is 0 Å². The standard InChI is InChI=1S/C15H22N2O/c1-13-7-6-10-17(11-13)12-15(18)16(2)14-8-4-3-5-9-14/h3-5,8-9,13H,6-7,10-12H2,1-2H3. The van der Waals surface area contributed by atoms with Crippen LogP contribution < -0.4 is 4.90 Å². The van der Waals surface area contributed by atoms with E-state index in [1.54, 1.807) is 4.90 Å². The molecule has 1 aromatic carbocycles. The molecule has 1 heterocycles. The maximum Gasteiger partial charge on any atom is 0.240 e. The number of rotatable bonds is 3. The van der Waals surface area contributed by atoms with Crippen molar-refractivity contribution in [3.63, 3.8) is 0 Å². The summed E-state index contributed by atoms with van der Waals surface area (Å²) in [6.45, 7) is 4.90. The molecule has 0 N–H and O–H groups in total. The highest BCUT2D eigenvalue weighted by Crippen LogP contribution is 2.16. The lowest BCUT2D eigenvalue weighted by Gasteiger charge is -2.31. The Morgan fingerprint density at radius 1 is 1.39 bits per heavy atom. The normalized spacial score (nSPS) is 20.7. The number of carbonyl (C=O) groups excluding carboxylic acids is 1. The molecule has 1 unspecified atom stereocenters. The first-order valence-corrected chi connectivity index (χ1v) is 6.71. The number of para-hydroxylation sites is 1. The SMILES string of the molecule is CC1CCCN(CC(=O)N(C)c2ccccc2)C1. The molecule has 0 radical (unpaired) electrons. The first kappa shape index (κ1) is 13.1. The summed E-state index contributed by atoms with van der Waals surface area (Å²) in [5, 5.41) is 0. The summed E-state index contributed by atoms with van der Waals surface area (Å²) in [6, 6.07) is 9.83. The van der Waals surface area contributed by atoms with Gasteiger partial charge < -0.3 is 4.90 Å². The van der Waals surface area contributed by atoms with Crippen molar-refractivity contribution in [3.8, 4) is 0 Å². The number of hydrogen-bond acceptors (Lipinski definition) is 2. The molecule has 0 aromatic heterocycles. The second-order valence-corrected chi connectivity index (χ2v) is 5.27. The van der Waals surface area contributed by atoms with Crippen molar-refractivity contribution in [1.29, 1.82) is 0 Å². The number of hydrogen-bond donors (Lipinski definition) is 0. The first-order chi connectivity index (χ1) is 8.66. The molecular weight excluding hydrogens is 224 g/mol. The third kappa shape index (κ3) is 3.33.